The van der Waals surface area contributed by atoms with Gasteiger partial charge >= 0.3 is 0 Å². The summed E-state index contributed by atoms with van der Waals surface area (Å²) in [6.45, 7) is 4.75. The molecule has 0 saturated carbocycles. The van der Waals surface area contributed by atoms with Crippen molar-refractivity contribution in [3.05, 3.63) is 36.0 Å². The molecule has 0 saturated heterocycles. The third-order valence-corrected chi connectivity index (χ3v) is 4.85. The fraction of sp³-hybridized carbons (Fsp3) is 0.357. The molecule has 0 unspecified atom stereocenters. The lowest BCUT2D eigenvalue weighted by molar-refractivity contribution is 0.539. The Balaban J connectivity index is 1.92. The number of fused-ring (bicyclic) bond motifs is 1. The summed E-state index contributed by atoms with van der Waals surface area (Å²) in [5.41, 5.74) is 2.05. The first kappa shape index (κ1) is 13.9. The molecule has 0 fully saturated rings. The van der Waals surface area contributed by atoms with E-state index in [2.05, 4.69) is 15.1 Å². The fourth-order valence-electron chi connectivity index (χ4n) is 2.44. The number of hydrogen-bond donors (Lipinski definition) is 2. The summed E-state index contributed by atoms with van der Waals surface area (Å²) in [6, 6.07) is 6.93. The molecular weight excluding hydrogens is 288 g/mol. The molecule has 2 aromatic rings. The van der Waals surface area contributed by atoms with E-state index in [9.17, 15) is 8.42 Å². The molecule has 0 spiro atoms. The van der Waals surface area contributed by atoms with Crippen LogP contribution < -0.4 is 10.0 Å². The summed E-state index contributed by atoms with van der Waals surface area (Å²) in [5.74, 6) is 0.471. The smallest absolute Gasteiger partial charge is 0.263 e. The van der Waals surface area contributed by atoms with Gasteiger partial charge in [-0.3, -0.25) is 4.72 Å². The molecule has 7 heteroatoms. The van der Waals surface area contributed by atoms with Crippen LogP contribution in [-0.4, -0.2) is 24.7 Å². The van der Waals surface area contributed by atoms with Crippen LogP contribution in [0.2, 0.25) is 0 Å². The van der Waals surface area contributed by atoms with E-state index < -0.39 is 10.0 Å². The van der Waals surface area contributed by atoms with Gasteiger partial charge in [-0.15, -0.1) is 0 Å². The van der Waals surface area contributed by atoms with Crippen molar-refractivity contribution in [3.8, 4) is 0 Å². The van der Waals surface area contributed by atoms with Gasteiger partial charge in [-0.25, -0.2) is 13.1 Å². The third kappa shape index (κ3) is 2.61. The highest BCUT2D eigenvalue weighted by Gasteiger charge is 2.20. The number of sulfonamides is 1. The first-order valence-corrected chi connectivity index (χ1v) is 8.39. The van der Waals surface area contributed by atoms with Crippen molar-refractivity contribution in [1.29, 1.82) is 0 Å². The molecule has 0 amide bonds. The van der Waals surface area contributed by atoms with Crippen LogP contribution in [0, 0.1) is 0 Å². The van der Waals surface area contributed by atoms with Crippen molar-refractivity contribution in [2.45, 2.75) is 31.2 Å². The molecule has 1 aliphatic heterocycles. The van der Waals surface area contributed by atoms with Gasteiger partial charge in [0.1, 0.15) is 5.82 Å². The summed E-state index contributed by atoms with van der Waals surface area (Å²) >= 11 is 0. The van der Waals surface area contributed by atoms with E-state index in [-0.39, 0.29) is 10.9 Å². The molecule has 21 heavy (non-hydrogen) atoms. The van der Waals surface area contributed by atoms with Gasteiger partial charge in [0.25, 0.3) is 10.0 Å². The maximum atomic E-state index is 12.5. The predicted molar refractivity (Wildman–Crippen MR) is 82.1 cm³/mol. The van der Waals surface area contributed by atoms with Crippen LogP contribution in [0.5, 0.6) is 0 Å². The van der Waals surface area contributed by atoms with E-state index in [1.807, 2.05) is 19.9 Å². The van der Waals surface area contributed by atoms with E-state index in [0.29, 0.717) is 5.82 Å². The highest BCUT2D eigenvalue weighted by Crippen LogP contribution is 2.26. The molecule has 6 nitrogen and oxygen atoms in total. The van der Waals surface area contributed by atoms with Gasteiger partial charge in [0.2, 0.25) is 0 Å². The Labute approximate surface area is 124 Å². The molecule has 2 N–H and O–H groups in total. The average molecular weight is 306 g/mol. The van der Waals surface area contributed by atoms with E-state index in [1.54, 1.807) is 29.1 Å². The summed E-state index contributed by atoms with van der Waals surface area (Å²) < 4.78 is 29.2. The lowest BCUT2D eigenvalue weighted by Gasteiger charge is -2.13. The van der Waals surface area contributed by atoms with Crippen molar-refractivity contribution in [3.63, 3.8) is 0 Å². The minimum atomic E-state index is -3.61. The maximum absolute atomic E-state index is 12.5. The molecule has 0 bridgehead atoms. The van der Waals surface area contributed by atoms with E-state index in [4.69, 9.17) is 0 Å². The Morgan fingerprint density at radius 1 is 1.33 bits per heavy atom. The van der Waals surface area contributed by atoms with Crippen molar-refractivity contribution in [2.75, 3.05) is 16.6 Å². The van der Waals surface area contributed by atoms with Crippen LogP contribution in [0.15, 0.2) is 35.4 Å². The quantitative estimate of drug-likeness (QED) is 0.908. The second kappa shape index (κ2) is 5.07. The van der Waals surface area contributed by atoms with E-state index in [0.717, 1.165) is 24.2 Å². The van der Waals surface area contributed by atoms with Crippen LogP contribution >= 0.6 is 0 Å². The molecule has 112 valence electrons. The molecule has 3 rings (SSSR count). The lowest BCUT2D eigenvalue weighted by atomic mass is 10.2. The highest BCUT2D eigenvalue weighted by atomic mass is 32.2. The minimum Gasteiger partial charge on any atom is -0.384 e. The summed E-state index contributed by atoms with van der Waals surface area (Å²) in [5, 5.41) is 7.32. The lowest BCUT2D eigenvalue weighted by Crippen LogP contribution is -2.17. The standard InChI is InChI=1S/C14H18N4O2S/c1-10(2)18-14(6-8-16-18)17-21(19,20)12-4-3-11-5-7-15-13(11)9-12/h3-4,6,8-10,15,17H,5,7H2,1-2H3. The van der Waals surface area contributed by atoms with Crippen molar-refractivity contribution >= 4 is 21.5 Å². The molecule has 1 aromatic carbocycles. The summed E-state index contributed by atoms with van der Waals surface area (Å²) in [4.78, 5) is 0.257. The first-order valence-electron chi connectivity index (χ1n) is 6.90. The molecule has 1 aromatic heterocycles. The predicted octanol–water partition coefficient (Wildman–Crippen LogP) is 2.23. The topological polar surface area (TPSA) is 76.0 Å². The second-order valence-electron chi connectivity index (χ2n) is 5.36. The van der Waals surface area contributed by atoms with Gasteiger partial charge < -0.3 is 5.32 Å². The second-order valence-corrected chi connectivity index (χ2v) is 7.04. The fourth-order valence-corrected chi connectivity index (χ4v) is 3.52. The normalized spacial score (nSPS) is 14.0. The molecule has 0 radical (unpaired) electrons. The molecule has 0 aliphatic carbocycles. The average Bonchev–Trinajstić information content (AvgIpc) is 3.05. The number of nitrogens with zero attached hydrogens (tertiary/aromatic N) is 2. The van der Waals surface area contributed by atoms with Crippen LogP contribution in [0.25, 0.3) is 0 Å². The zero-order valence-electron chi connectivity index (χ0n) is 12.0. The Kier molecular flexibility index (Phi) is 3.36. The summed E-state index contributed by atoms with van der Waals surface area (Å²) in [7, 11) is -3.61. The Bertz CT molecular complexity index is 765. The van der Waals surface area contributed by atoms with Gasteiger partial charge in [0.05, 0.1) is 11.1 Å². The van der Waals surface area contributed by atoms with Gasteiger partial charge in [0.15, 0.2) is 0 Å². The van der Waals surface area contributed by atoms with Crippen LogP contribution in [-0.2, 0) is 16.4 Å². The Morgan fingerprint density at radius 3 is 2.90 bits per heavy atom. The Hall–Kier alpha value is -2.02. The minimum absolute atomic E-state index is 0.0828. The van der Waals surface area contributed by atoms with Gasteiger partial charge in [-0.2, -0.15) is 5.10 Å². The number of hydrogen-bond acceptors (Lipinski definition) is 4. The number of nitrogens with one attached hydrogen (secondary N) is 2. The summed E-state index contributed by atoms with van der Waals surface area (Å²) in [6.07, 6.45) is 2.52. The zero-order valence-corrected chi connectivity index (χ0v) is 12.8. The van der Waals surface area contributed by atoms with Crippen LogP contribution in [0.1, 0.15) is 25.5 Å². The van der Waals surface area contributed by atoms with Crippen molar-refractivity contribution in [2.24, 2.45) is 0 Å². The molecule has 1 aliphatic rings. The maximum Gasteiger partial charge on any atom is 0.263 e. The van der Waals surface area contributed by atoms with Gasteiger partial charge in [0, 0.05) is 24.3 Å². The molecule has 2 heterocycles. The van der Waals surface area contributed by atoms with Crippen LogP contribution in [0.4, 0.5) is 11.5 Å². The molecule has 0 atom stereocenters. The number of rotatable bonds is 4. The first-order chi connectivity index (χ1) is 9.97. The van der Waals surface area contributed by atoms with Gasteiger partial charge in [-0.05, 0) is 38.0 Å². The van der Waals surface area contributed by atoms with Crippen LogP contribution in [0.3, 0.4) is 0 Å². The highest BCUT2D eigenvalue weighted by molar-refractivity contribution is 7.92. The number of anilines is 2. The third-order valence-electron chi connectivity index (χ3n) is 3.50. The molecular formula is C14H18N4O2S. The number of aromatic nitrogens is 2. The van der Waals surface area contributed by atoms with E-state index in [1.165, 1.54) is 0 Å². The zero-order chi connectivity index (χ0) is 15.0. The van der Waals surface area contributed by atoms with Gasteiger partial charge in [-0.1, -0.05) is 6.07 Å². The van der Waals surface area contributed by atoms with E-state index >= 15 is 0 Å². The SMILES string of the molecule is CC(C)n1nccc1NS(=O)(=O)c1ccc2c(c1)NCC2. The monoisotopic (exact) mass is 306 g/mol. The Morgan fingerprint density at radius 2 is 2.14 bits per heavy atom. The number of benzene rings is 1. The van der Waals surface area contributed by atoms with Crippen molar-refractivity contribution < 1.29 is 8.42 Å². The van der Waals surface area contributed by atoms with Crippen molar-refractivity contribution in [1.82, 2.24) is 9.78 Å². The largest absolute Gasteiger partial charge is 0.384 e.